The van der Waals surface area contributed by atoms with E-state index in [4.69, 9.17) is 0 Å². The van der Waals surface area contributed by atoms with Crippen molar-refractivity contribution in [1.82, 2.24) is 10.2 Å². The molecule has 0 aliphatic carbocycles. The first-order chi connectivity index (χ1) is 6.49. The predicted octanol–water partition coefficient (Wildman–Crippen LogP) is 0.422. The molecule has 1 amide bonds. The van der Waals surface area contributed by atoms with Crippen LogP contribution in [-0.4, -0.2) is 43.3 Å². The lowest BCUT2D eigenvalue weighted by molar-refractivity contribution is -0.133. The van der Waals surface area contributed by atoms with E-state index in [9.17, 15) is 9.59 Å². The Balaban J connectivity index is 3.91. The van der Waals surface area contributed by atoms with Gasteiger partial charge in [-0.1, -0.05) is 0 Å². The number of nitrogens with one attached hydrogen (secondary N) is 1. The van der Waals surface area contributed by atoms with Crippen LogP contribution >= 0.6 is 0 Å². The summed E-state index contributed by atoms with van der Waals surface area (Å²) in [5, 5.41) is 3.01. The topological polar surface area (TPSA) is 49.4 Å². The first-order valence-corrected chi connectivity index (χ1v) is 4.88. The fraction of sp³-hybridized carbons (Fsp3) is 0.800. The first kappa shape index (κ1) is 13.1. The van der Waals surface area contributed by atoms with Gasteiger partial charge < -0.3 is 15.0 Å². The zero-order valence-electron chi connectivity index (χ0n) is 9.46. The molecule has 0 fully saturated rings. The lowest BCUT2D eigenvalue weighted by atomic mass is 10.2. The highest BCUT2D eigenvalue weighted by atomic mass is 16.2. The molecule has 4 nitrogen and oxygen atoms in total. The molecule has 0 aliphatic heterocycles. The number of hydrogen-bond donors (Lipinski definition) is 1. The lowest BCUT2D eigenvalue weighted by Crippen LogP contribution is -2.40. The molecule has 0 aromatic carbocycles. The Morgan fingerprint density at radius 2 is 1.93 bits per heavy atom. The Labute approximate surface area is 85.7 Å². The van der Waals surface area contributed by atoms with Crippen molar-refractivity contribution in [3.05, 3.63) is 0 Å². The van der Waals surface area contributed by atoms with E-state index in [0.717, 1.165) is 6.54 Å². The van der Waals surface area contributed by atoms with Gasteiger partial charge in [0, 0.05) is 32.5 Å². The van der Waals surface area contributed by atoms with Crippen molar-refractivity contribution in [3.8, 4) is 0 Å². The minimum Gasteiger partial charge on any atom is -0.342 e. The van der Waals surface area contributed by atoms with Gasteiger partial charge in [-0.25, -0.2) is 0 Å². The van der Waals surface area contributed by atoms with Crippen LogP contribution in [0.3, 0.4) is 0 Å². The number of nitrogens with zero attached hydrogens (tertiary/aromatic N) is 1. The summed E-state index contributed by atoms with van der Waals surface area (Å²) < 4.78 is 0. The van der Waals surface area contributed by atoms with Gasteiger partial charge in [-0.2, -0.15) is 0 Å². The third-order valence-corrected chi connectivity index (χ3v) is 2.25. The monoisotopic (exact) mass is 200 g/mol. The molecule has 0 saturated carbocycles. The second-order valence-electron chi connectivity index (χ2n) is 3.61. The molecule has 0 aromatic rings. The number of Topliss-reactive ketones (excluding diaryl/α,β-unsaturated/α-hetero) is 1. The van der Waals surface area contributed by atoms with Crippen LogP contribution in [0.4, 0.5) is 0 Å². The molecule has 1 unspecified atom stereocenters. The minimum absolute atomic E-state index is 0.0305. The van der Waals surface area contributed by atoms with Crippen molar-refractivity contribution >= 4 is 11.7 Å². The summed E-state index contributed by atoms with van der Waals surface area (Å²) in [5.41, 5.74) is 0. The number of hydrogen-bond acceptors (Lipinski definition) is 3. The SMILES string of the molecule is CNCC(C)N(C)C(=O)CCC(C)=O. The zero-order valence-corrected chi connectivity index (χ0v) is 9.46. The molecule has 0 aliphatic rings. The van der Waals surface area contributed by atoms with Crippen LogP contribution in [0.15, 0.2) is 0 Å². The summed E-state index contributed by atoms with van der Waals surface area (Å²) in [6, 6.07) is 0.166. The third kappa shape index (κ3) is 4.97. The molecule has 0 rings (SSSR count). The van der Waals surface area contributed by atoms with Gasteiger partial charge in [-0.3, -0.25) is 4.79 Å². The fourth-order valence-electron chi connectivity index (χ4n) is 1.14. The van der Waals surface area contributed by atoms with E-state index in [1.54, 1.807) is 11.9 Å². The van der Waals surface area contributed by atoms with Gasteiger partial charge in [0.2, 0.25) is 5.91 Å². The van der Waals surface area contributed by atoms with E-state index >= 15 is 0 Å². The molecule has 82 valence electrons. The van der Waals surface area contributed by atoms with Gasteiger partial charge in [-0.15, -0.1) is 0 Å². The average molecular weight is 200 g/mol. The maximum absolute atomic E-state index is 11.5. The standard InChI is InChI=1S/C10H20N2O2/c1-8(7-11-3)12(4)10(14)6-5-9(2)13/h8,11H,5-7H2,1-4H3. The van der Waals surface area contributed by atoms with E-state index in [0.29, 0.717) is 12.8 Å². The summed E-state index contributed by atoms with van der Waals surface area (Å²) in [6.45, 7) is 4.24. The van der Waals surface area contributed by atoms with Crippen molar-refractivity contribution in [1.29, 1.82) is 0 Å². The third-order valence-electron chi connectivity index (χ3n) is 2.25. The Kier molecular flexibility index (Phi) is 6.12. The van der Waals surface area contributed by atoms with E-state index in [1.165, 1.54) is 6.92 Å². The molecule has 0 bridgehead atoms. The molecular formula is C10H20N2O2. The highest BCUT2D eigenvalue weighted by molar-refractivity contribution is 5.83. The normalized spacial score (nSPS) is 12.3. The number of carbonyl (C=O) groups excluding carboxylic acids is 2. The Hall–Kier alpha value is -0.900. The molecule has 0 aromatic heterocycles. The largest absolute Gasteiger partial charge is 0.342 e. The maximum atomic E-state index is 11.5. The van der Waals surface area contributed by atoms with Crippen LogP contribution in [0.1, 0.15) is 26.7 Å². The Morgan fingerprint density at radius 3 is 2.36 bits per heavy atom. The molecule has 0 radical (unpaired) electrons. The number of ketones is 1. The quantitative estimate of drug-likeness (QED) is 0.676. The highest BCUT2D eigenvalue weighted by Gasteiger charge is 2.14. The highest BCUT2D eigenvalue weighted by Crippen LogP contribution is 2.01. The number of carbonyl (C=O) groups is 2. The second-order valence-corrected chi connectivity index (χ2v) is 3.61. The lowest BCUT2D eigenvalue weighted by Gasteiger charge is -2.24. The molecule has 1 atom stereocenters. The molecular weight excluding hydrogens is 180 g/mol. The van der Waals surface area contributed by atoms with Crippen molar-refractivity contribution in [2.75, 3.05) is 20.6 Å². The van der Waals surface area contributed by atoms with E-state index in [-0.39, 0.29) is 17.7 Å². The molecule has 14 heavy (non-hydrogen) atoms. The van der Waals surface area contributed by atoms with Gasteiger partial charge >= 0.3 is 0 Å². The van der Waals surface area contributed by atoms with Gasteiger partial charge in [0.05, 0.1) is 0 Å². The molecule has 0 heterocycles. The van der Waals surface area contributed by atoms with Crippen molar-refractivity contribution in [3.63, 3.8) is 0 Å². The van der Waals surface area contributed by atoms with Crippen molar-refractivity contribution < 1.29 is 9.59 Å². The summed E-state index contributed by atoms with van der Waals surface area (Å²) in [7, 11) is 3.62. The maximum Gasteiger partial charge on any atom is 0.223 e. The molecule has 0 spiro atoms. The summed E-state index contributed by atoms with van der Waals surface area (Å²) >= 11 is 0. The van der Waals surface area contributed by atoms with Crippen molar-refractivity contribution in [2.24, 2.45) is 0 Å². The van der Waals surface area contributed by atoms with Crippen molar-refractivity contribution in [2.45, 2.75) is 32.7 Å². The zero-order chi connectivity index (χ0) is 11.1. The van der Waals surface area contributed by atoms with Gasteiger partial charge in [0.1, 0.15) is 5.78 Å². The van der Waals surface area contributed by atoms with E-state index < -0.39 is 0 Å². The van der Waals surface area contributed by atoms with E-state index in [2.05, 4.69) is 5.32 Å². The van der Waals surface area contributed by atoms with E-state index in [1.807, 2.05) is 14.0 Å². The molecule has 0 saturated heterocycles. The van der Waals surface area contributed by atoms with Crippen LogP contribution in [0.5, 0.6) is 0 Å². The van der Waals surface area contributed by atoms with Crippen LogP contribution in [0.2, 0.25) is 0 Å². The van der Waals surface area contributed by atoms with Crippen LogP contribution < -0.4 is 5.32 Å². The molecule has 4 heteroatoms. The second kappa shape index (κ2) is 6.54. The average Bonchev–Trinajstić information content (AvgIpc) is 2.13. The van der Waals surface area contributed by atoms with Gasteiger partial charge in [0.15, 0.2) is 0 Å². The van der Waals surface area contributed by atoms with Crippen LogP contribution in [0, 0.1) is 0 Å². The number of amides is 1. The number of likely N-dealkylation sites (N-methyl/N-ethyl adjacent to an activating group) is 2. The molecule has 1 N–H and O–H groups in total. The van der Waals surface area contributed by atoms with Gasteiger partial charge in [-0.05, 0) is 20.9 Å². The van der Waals surface area contributed by atoms with Crippen LogP contribution in [-0.2, 0) is 9.59 Å². The summed E-state index contributed by atoms with van der Waals surface area (Å²) in [5.74, 6) is 0.0935. The Morgan fingerprint density at radius 1 is 1.36 bits per heavy atom. The Bertz CT molecular complexity index is 204. The predicted molar refractivity (Wildman–Crippen MR) is 56.1 cm³/mol. The van der Waals surface area contributed by atoms with Gasteiger partial charge in [0.25, 0.3) is 0 Å². The fourth-order valence-corrected chi connectivity index (χ4v) is 1.14. The smallest absolute Gasteiger partial charge is 0.223 e. The first-order valence-electron chi connectivity index (χ1n) is 4.88. The summed E-state index contributed by atoms with van der Waals surface area (Å²) in [6.07, 6.45) is 0.662. The minimum atomic E-state index is 0.0305. The summed E-state index contributed by atoms with van der Waals surface area (Å²) in [4.78, 5) is 23.9. The van der Waals surface area contributed by atoms with Crippen LogP contribution in [0.25, 0.3) is 0 Å². The number of rotatable bonds is 6.